The summed E-state index contributed by atoms with van der Waals surface area (Å²) in [4.78, 5) is 0. The Kier molecular flexibility index (Phi) is 4.32. The lowest BCUT2D eigenvalue weighted by Gasteiger charge is -2.14. The van der Waals surface area contributed by atoms with E-state index in [2.05, 4.69) is 25.3 Å². The summed E-state index contributed by atoms with van der Waals surface area (Å²) >= 11 is 16.2. The minimum Gasteiger partial charge on any atom is -0.135 e. The van der Waals surface area contributed by atoms with E-state index < -0.39 is 0 Å². The summed E-state index contributed by atoms with van der Waals surface area (Å²) in [5, 5.41) is 0. The van der Waals surface area contributed by atoms with Gasteiger partial charge < -0.3 is 0 Å². The van der Waals surface area contributed by atoms with Crippen molar-refractivity contribution in [2.45, 2.75) is 6.42 Å². The van der Waals surface area contributed by atoms with E-state index in [0.29, 0.717) is 0 Å². The van der Waals surface area contributed by atoms with Crippen molar-refractivity contribution in [3.05, 3.63) is 16.9 Å². The molecule has 0 bridgehead atoms. The summed E-state index contributed by atoms with van der Waals surface area (Å²) in [5.74, 6) is 2.52. The van der Waals surface area contributed by atoms with Crippen LogP contribution >= 0.6 is 72.3 Å². The molecule has 0 aliphatic carbocycles. The smallest absolute Gasteiger partial charge is 0.0710 e. The van der Waals surface area contributed by atoms with Gasteiger partial charge in [-0.25, -0.2) is 0 Å². The third-order valence-corrected chi connectivity index (χ3v) is 8.30. The van der Waals surface area contributed by atoms with Crippen molar-refractivity contribution >= 4 is 72.3 Å². The summed E-state index contributed by atoms with van der Waals surface area (Å²) in [6, 6.07) is 0. The maximum absolute atomic E-state index is 4.36. The van der Waals surface area contributed by atoms with Gasteiger partial charge in [-0.2, -0.15) is 0 Å². The molecule has 0 nitrogen and oxygen atoms in total. The van der Waals surface area contributed by atoms with Crippen LogP contribution in [0.4, 0.5) is 0 Å². The van der Waals surface area contributed by atoms with Crippen LogP contribution in [0.25, 0.3) is 0 Å². The number of rotatable bonds is 0. The van der Waals surface area contributed by atoms with Crippen LogP contribution in [-0.2, 0) is 0 Å². The molecule has 1 fully saturated rings. The van der Waals surface area contributed by atoms with Crippen LogP contribution in [0.1, 0.15) is 6.42 Å². The van der Waals surface area contributed by atoms with Crippen molar-refractivity contribution in [1.29, 1.82) is 0 Å². The summed E-state index contributed by atoms with van der Waals surface area (Å²) in [7, 11) is 0. The molecule has 2 rings (SSSR count). The zero-order valence-electron chi connectivity index (χ0n) is 6.65. The van der Waals surface area contributed by atoms with Crippen LogP contribution in [0.2, 0.25) is 0 Å². The SMILES string of the molecule is SC1=C(S)SC(=C2SCCCS2)S1. The van der Waals surface area contributed by atoms with E-state index >= 15 is 0 Å². The maximum Gasteiger partial charge on any atom is 0.0710 e. The standard InChI is InChI=1S/C7H8S6/c8-4-5(9)13-7(12-4)6-10-2-1-3-11-6/h8-9H,1-3H2. The molecule has 72 valence electrons. The Morgan fingerprint density at radius 1 is 0.846 bits per heavy atom. The second-order valence-corrected chi connectivity index (χ2v) is 8.71. The first kappa shape index (κ1) is 11.1. The molecule has 13 heavy (non-hydrogen) atoms. The van der Waals surface area contributed by atoms with Gasteiger partial charge >= 0.3 is 0 Å². The van der Waals surface area contributed by atoms with Gasteiger partial charge in [-0.1, -0.05) is 23.5 Å². The average Bonchev–Trinajstić information content (AvgIpc) is 2.49. The van der Waals surface area contributed by atoms with Crippen molar-refractivity contribution in [2.24, 2.45) is 0 Å². The summed E-state index contributed by atoms with van der Waals surface area (Å²) in [6.45, 7) is 0. The Morgan fingerprint density at radius 2 is 1.38 bits per heavy atom. The second-order valence-electron chi connectivity index (χ2n) is 2.44. The molecule has 0 unspecified atom stereocenters. The third kappa shape index (κ3) is 2.78. The van der Waals surface area contributed by atoms with Crippen LogP contribution in [0.5, 0.6) is 0 Å². The van der Waals surface area contributed by atoms with Gasteiger partial charge in [0.15, 0.2) is 0 Å². The van der Waals surface area contributed by atoms with Crippen LogP contribution in [0.15, 0.2) is 16.9 Å². The normalized spacial score (nSPS) is 24.5. The van der Waals surface area contributed by atoms with Crippen LogP contribution in [-0.4, -0.2) is 11.5 Å². The highest BCUT2D eigenvalue weighted by atomic mass is 32.2. The molecular weight excluding hydrogens is 276 g/mol. The van der Waals surface area contributed by atoms with E-state index in [1.54, 1.807) is 23.5 Å². The number of thioether (sulfide) groups is 4. The quantitative estimate of drug-likeness (QED) is 0.630. The molecule has 2 aliphatic rings. The fourth-order valence-electron chi connectivity index (χ4n) is 0.915. The van der Waals surface area contributed by atoms with Gasteiger partial charge in [0.1, 0.15) is 0 Å². The predicted molar refractivity (Wildman–Crippen MR) is 76.7 cm³/mol. The predicted octanol–water partition coefficient (Wildman–Crippen LogP) is 4.45. The fraction of sp³-hybridized carbons (Fsp3) is 0.429. The molecule has 0 N–H and O–H groups in total. The Labute approximate surface area is 106 Å². The molecule has 0 spiro atoms. The first-order valence-electron chi connectivity index (χ1n) is 3.75. The lowest BCUT2D eigenvalue weighted by molar-refractivity contribution is 1.12. The molecule has 1 saturated heterocycles. The van der Waals surface area contributed by atoms with Gasteiger partial charge in [0.2, 0.25) is 0 Å². The Balaban J connectivity index is 2.10. The second kappa shape index (κ2) is 5.07. The molecular formula is C7H8S6. The van der Waals surface area contributed by atoms with Crippen LogP contribution in [0.3, 0.4) is 0 Å². The van der Waals surface area contributed by atoms with Gasteiger partial charge in [0.05, 0.1) is 16.9 Å². The van der Waals surface area contributed by atoms with Crippen molar-refractivity contribution in [2.75, 3.05) is 11.5 Å². The van der Waals surface area contributed by atoms with E-state index in [1.807, 2.05) is 23.5 Å². The molecule has 0 radical (unpaired) electrons. The van der Waals surface area contributed by atoms with Crippen LogP contribution < -0.4 is 0 Å². The molecule has 0 aromatic heterocycles. The molecule has 0 aromatic carbocycles. The monoisotopic (exact) mass is 284 g/mol. The Hall–Kier alpha value is 1.58. The highest BCUT2D eigenvalue weighted by Crippen LogP contribution is 2.57. The lowest BCUT2D eigenvalue weighted by atomic mass is 10.6. The van der Waals surface area contributed by atoms with E-state index in [-0.39, 0.29) is 0 Å². The van der Waals surface area contributed by atoms with E-state index in [0.717, 1.165) is 8.47 Å². The topological polar surface area (TPSA) is 0 Å². The first-order chi connectivity index (χ1) is 6.27. The van der Waals surface area contributed by atoms with Gasteiger partial charge in [-0.15, -0.1) is 48.8 Å². The molecule has 6 heteroatoms. The summed E-state index contributed by atoms with van der Waals surface area (Å²) in [5.41, 5.74) is 0. The van der Waals surface area contributed by atoms with Crippen molar-refractivity contribution < 1.29 is 0 Å². The lowest BCUT2D eigenvalue weighted by Crippen LogP contribution is -1.92. The van der Waals surface area contributed by atoms with Crippen molar-refractivity contribution in [3.63, 3.8) is 0 Å². The van der Waals surface area contributed by atoms with Crippen molar-refractivity contribution in [1.82, 2.24) is 0 Å². The van der Waals surface area contributed by atoms with E-state index in [4.69, 9.17) is 0 Å². The maximum atomic E-state index is 4.36. The molecule has 2 aliphatic heterocycles. The zero-order chi connectivity index (χ0) is 9.26. The van der Waals surface area contributed by atoms with Crippen molar-refractivity contribution in [3.8, 4) is 0 Å². The molecule has 0 saturated carbocycles. The number of thiol groups is 2. The number of hydrogen-bond donors (Lipinski definition) is 2. The number of hydrogen-bond acceptors (Lipinski definition) is 6. The highest BCUT2D eigenvalue weighted by Gasteiger charge is 2.21. The van der Waals surface area contributed by atoms with Crippen LogP contribution in [0, 0.1) is 0 Å². The minimum absolute atomic E-state index is 1.04. The largest absolute Gasteiger partial charge is 0.135 e. The third-order valence-electron chi connectivity index (χ3n) is 1.48. The summed E-state index contributed by atoms with van der Waals surface area (Å²) < 4.78 is 4.94. The average molecular weight is 285 g/mol. The molecule has 2 heterocycles. The first-order valence-corrected chi connectivity index (χ1v) is 8.25. The van der Waals surface area contributed by atoms with Gasteiger partial charge in [-0.3, -0.25) is 0 Å². The van der Waals surface area contributed by atoms with E-state index in [9.17, 15) is 0 Å². The fourth-order valence-corrected chi connectivity index (χ4v) is 7.12. The highest BCUT2D eigenvalue weighted by molar-refractivity contribution is 8.38. The van der Waals surface area contributed by atoms with Gasteiger partial charge in [0.25, 0.3) is 0 Å². The Morgan fingerprint density at radius 3 is 1.92 bits per heavy atom. The summed E-state index contributed by atoms with van der Waals surface area (Å²) in [6.07, 6.45) is 1.33. The van der Waals surface area contributed by atoms with E-state index in [1.165, 1.54) is 26.4 Å². The molecule has 0 amide bonds. The molecule has 0 aromatic rings. The Bertz CT molecular complexity index is 255. The molecule has 0 atom stereocenters. The zero-order valence-corrected chi connectivity index (χ0v) is 11.7. The van der Waals surface area contributed by atoms with Gasteiger partial charge in [-0.05, 0) is 17.9 Å². The van der Waals surface area contributed by atoms with Gasteiger partial charge in [0, 0.05) is 0 Å². The minimum atomic E-state index is 1.04.